The Labute approximate surface area is 217 Å². The van der Waals surface area contributed by atoms with E-state index in [9.17, 15) is 13.2 Å². The average molecular weight is 512 g/mol. The van der Waals surface area contributed by atoms with Crippen LogP contribution in [0.4, 0.5) is 11.4 Å². The summed E-state index contributed by atoms with van der Waals surface area (Å²) >= 11 is 0. The number of nitrogens with one attached hydrogen (secondary N) is 1. The molecule has 0 aliphatic heterocycles. The third kappa shape index (κ3) is 4.58. The van der Waals surface area contributed by atoms with Crippen LogP contribution in [0.2, 0.25) is 0 Å². The summed E-state index contributed by atoms with van der Waals surface area (Å²) in [6, 6.07) is 27.6. The van der Waals surface area contributed by atoms with Gasteiger partial charge in [-0.1, -0.05) is 42.5 Å². The molecule has 0 aliphatic carbocycles. The second-order valence-corrected chi connectivity index (χ2v) is 11.0. The molecule has 37 heavy (non-hydrogen) atoms. The third-order valence-electron chi connectivity index (χ3n) is 6.77. The standard InChI is InChI=1S/C30H29N3O3S/c1-4-32-28-13-9-8-12-26(28)27-19-23(15-17-29(27)32)31-30(34)20-33(24-16-14-21(2)22(3)18-24)37(35,36)25-10-6-5-7-11-25/h5-19H,4,20H2,1-3H3,(H,31,34). The maximum absolute atomic E-state index is 13.6. The Kier molecular flexibility index (Phi) is 6.48. The molecule has 188 valence electrons. The van der Waals surface area contributed by atoms with Crippen LogP contribution in [-0.2, 0) is 21.4 Å². The molecule has 0 atom stereocenters. The molecule has 1 heterocycles. The van der Waals surface area contributed by atoms with Gasteiger partial charge in [0.25, 0.3) is 10.0 Å². The van der Waals surface area contributed by atoms with Gasteiger partial charge in [-0.05, 0) is 80.4 Å². The molecule has 5 rings (SSSR count). The lowest BCUT2D eigenvalue weighted by atomic mass is 10.1. The molecule has 1 aromatic heterocycles. The van der Waals surface area contributed by atoms with E-state index in [-0.39, 0.29) is 11.4 Å². The number of fused-ring (bicyclic) bond motifs is 3. The van der Waals surface area contributed by atoms with Crippen molar-refractivity contribution in [3.05, 3.63) is 102 Å². The number of anilines is 2. The number of hydrogen-bond acceptors (Lipinski definition) is 3. The van der Waals surface area contributed by atoms with E-state index in [0.29, 0.717) is 11.4 Å². The molecular formula is C30H29N3O3S. The van der Waals surface area contributed by atoms with E-state index in [1.54, 1.807) is 42.5 Å². The van der Waals surface area contributed by atoms with Gasteiger partial charge in [-0.3, -0.25) is 9.10 Å². The SMILES string of the molecule is CCn1c2ccccc2c2cc(NC(=O)CN(c3ccc(C)c(C)c3)S(=O)(=O)c3ccccc3)ccc21. The van der Waals surface area contributed by atoms with Gasteiger partial charge in [-0.15, -0.1) is 0 Å². The quantitative estimate of drug-likeness (QED) is 0.280. The lowest BCUT2D eigenvalue weighted by Crippen LogP contribution is -2.38. The number of amides is 1. The number of sulfonamides is 1. The predicted octanol–water partition coefficient (Wildman–Crippen LogP) is 6.27. The molecule has 4 aromatic carbocycles. The van der Waals surface area contributed by atoms with Gasteiger partial charge in [0.1, 0.15) is 6.54 Å². The third-order valence-corrected chi connectivity index (χ3v) is 8.56. The Bertz CT molecular complexity index is 1720. The molecule has 0 spiro atoms. The van der Waals surface area contributed by atoms with E-state index < -0.39 is 15.9 Å². The minimum Gasteiger partial charge on any atom is -0.341 e. The van der Waals surface area contributed by atoms with Crippen LogP contribution in [0.5, 0.6) is 0 Å². The number of nitrogens with zero attached hydrogens (tertiary/aromatic N) is 2. The summed E-state index contributed by atoms with van der Waals surface area (Å²) in [6.45, 7) is 6.48. The van der Waals surface area contributed by atoms with Crippen LogP contribution in [0.1, 0.15) is 18.1 Å². The highest BCUT2D eigenvalue weighted by molar-refractivity contribution is 7.92. The van der Waals surface area contributed by atoms with Crippen molar-refractivity contribution in [3.63, 3.8) is 0 Å². The van der Waals surface area contributed by atoms with E-state index in [0.717, 1.165) is 39.5 Å². The fraction of sp³-hybridized carbons (Fsp3) is 0.167. The molecule has 0 saturated heterocycles. The Morgan fingerprint density at radius 3 is 2.24 bits per heavy atom. The molecule has 0 radical (unpaired) electrons. The molecule has 6 nitrogen and oxygen atoms in total. The first-order valence-electron chi connectivity index (χ1n) is 12.3. The van der Waals surface area contributed by atoms with E-state index in [2.05, 4.69) is 28.9 Å². The zero-order chi connectivity index (χ0) is 26.2. The lowest BCUT2D eigenvalue weighted by molar-refractivity contribution is -0.114. The monoisotopic (exact) mass is 511 g/mol. The van der Waals surface area contributed by atoms with Gasteiger partial charge >= 0.3 is 0 Å². The van der Waals surface area contributed by atoms with Crippen LogP contribution < -0.4 is 9.62 Å². The summed E-state index contributed by atoms with van der Waals surface area (Å²) in [6.07, 6.45) is 0. The van der Waals surface area contributed by atoms with Crippen molar-refractivity contribution in [1.82, 2.24) is 4.57 Å². The van der Waals surface area contributed by atoms with E-state index in [4.69, 9.17) is 0 Å². The summed E-state index contributed by atoms with van der Waals surface area (Å²) in [5.41, 5.74) is 5.29. The Hall–Kier alpha value is -4.10. The fourth-order valence-corrected chi connectivity index (χ4v) is 6.15. The Morgan fingerprint density at radius 1 is 0.811 bits per heavy atom. The van der Waals surface area contributed by atoms with Crippen LogP contribution in [0, 0.1) is 13.8 Å². The average Bonchev–Trinajstić information content (AvgIpc) is 3.22. The van der Waals surface area contributed by atoms with Gasteiger partial charge in [0.05, 0.1) is 10.6 Å². The van der Waals surface area contributed by atoms with E-state index >= 15 is 0 Å². The molecular weight excluding hydrogens is 482 g/mol. The van der Waals surface area contributed by atoms with Gasteiger partial charge < -0.3 is 9.88 Å². The summed E-state index contributed by atoms with van der Waals surface area (Å²) in [5.74, 6) is -0.420. The molecule has 5 aromatic rings. The molecule has 0 fully saturated rings. The minimum absolute atomic E-state index is 0.134. The van der Waals surface area contributed by atoms with Gasteiger partial charge in [0.15, 0.2) is 0 Å². The van der Waals surface area contributed by atoms with Crippen molar-refractivity contribution < 1.29 is 13.2 Å². The van der Waals surface area contributed by atoms with Crippen LogP contribution in [-0.4, -0.2) is 25.4 Å². The summed E-state index contributed by atoms with van der Waals surface area (Å²) in [4.78, 5) is 13.4. The van der Waals surface area contributed by atoms with Gasteiger partial charge in [-0.25, -0.2) is 8.42 Å². The van der Waals surface area contributed by atoms with Crippen molar-refractivity contribution in [2.24, 2.45) is 0 Å². The second kappa shape index (κ2) is 9.75. The number of aromatic nitrogens is 1. The number of carbonyl (C=O) groups excluding carboxylic acids is 1. The van der Waals surface area contributed by atoms with Crippen LogP contribution in [0.15, 0.2) is 95.9 Å². The molecule has 1 amide bonds. The van der Waals surface area contributed by atoms with Crippen molar-refractivity contribution in [2.45, 2.75) is 32.2 Å². The maximum atomic E-state index is 13.6. The van der Waals surface area contributed by atoms with Crippen LogP contribution in [0.3, 0.4) is 0 Å². The van der Waals surface area contributed by atoms with E-state index in [1.165, 1.54) is 4.31 Å². The van der Waals surface area contributed by atoms with Crippen LogP contribution in [0.25, 0.3) is 21.8 Å². The number of rotatable bonds is 7. The zero-order valence-electron chi connectivity index (χ0n) is 21.1. The predicted molar refractivity (Wildman–Crippen MR) is 151 cm³/mol. The highest BCUT2D eigenvalue weighted by atomic mass is 32.2. The van der Waals surface area contributed by atoms with Gasteiger partial charge in [0.2, 0.25) is 5.91 Å². The zero-order valence-corrected chi connectivity index (χ0v) is 21.9. The Morgan fingerprint density at radius 2 is 1.51 bits per heavy atom. The summed E-state index contributed by atoms with van der Waals surface area (Å²) < 4.78 is 30.6. The van der Waals surface area contributed by atoms with Gasteiger partial charge in [-0.2, -0.15) is 0 Å². The smallest absolute Gasteiger partial charge is 0.264 e. The molecule has 0 aliphatic rings. The van der Waals surface area contributed by atoms with Crippen molar-refractivity contribution in [3.8, 4) is 0 Å². The molecule has 7 heteroatoms. The maximum Gasteiger partial charge on any atom is 0.264 e. The highest BCUT2D eigenvalue weighted by Crippen LogP contribution is 2.31. The topological polar surface area (TPSA) is 71.4 Å². The first kappa shape index (κ1) is 24.6. The Balaban J connectivity index is 1.49. The molecule has 0 unspecified atom stereocenters. The number of aryl methyl sites for hydroxylation is 3. The summed E-state index contributed by atoms with van der Waals surface area (Å²) in [7, 11) is -3.97. The second-order valence-electron chi connectivity index (χ2n) is 9.13. The lowest BCUT2D eigenvalue weighted by Gasteiger charge is -2.25. The van der Waals surface area contributed by atoms with Crippen LogP contribution >= 0.6 is 0 Å². The van der Waals surface area contributed by atoms with Crippen molar-refractivity contribution in [2.75, 3.05) is 16.2 Å². The highest BCUT2D eigenvalue weighted by Gasteiger charge is 2.27. The van der Waals surface area contributed by atoms with E-state index in [1.807, 2.05) is 50.2 Å². The number of carbonyl (C=O) groups is 1. The molecule has 0 saturated carbocycles. The number of para-hydroxylation sites is 1. The fourth-order valence-electron chi connectivity index (χ4n) is 4.72. The largest absolute Gasteiger partial charge is 0.341 e. The normalized spacial score (nSPS) is 11.6. The minimum atomic E-state index is -3.97. The van der Waals surface area contributed by atoms with Crippen molar-refractivity contribution in [1.29, 1.82) is 0 Å². The first-order chi connectivity index (χ1) is 17.8. The molecule has 1 N–H and O–H groups in total. The number of hydrogen-bond donors (Lipinski definition) is 1. The van der Waals surface area contributed by atoms with Gasteiger partial charge in [0, 0.05) is 34.0 Å². The molecule has 0 bridgehead atoms. The van der Waals surface area contributed by atoms with Crippen molar-refractivity contribution >= 4 is 49.1 Å². The summed E-state index contributed by atoms with van der Waals surface area (Å²) in [5, 5.41) is 5.07. The first-order valence-corrected chi connectivity index (χ1v) is 13.7. The number of benzene rings is 4.